The Morgan fingerprint density at radius 1 is 1.47 bits per heavy atom. The minimum absolute atomic E-state index is 0.153. The van der Waals surface area contributed by atoms with E-state index in [2.05, 4.69) is 15.2 Å². The first kappa shape index (κ1) is 14.2. The molecule has 0 aliphatic carbocycles. The van der Waals surface area contributed by atoms with Crippen molar-refractivity contribution in [2.45, 2.75) is 12.2 Å². The molecule has 106 valence electrons. The zero-order valence-electron chi connectivity index (χ0n) is 10.5. The molecule has 0 bridgehead atoms. The lowest BCUT2D eigenvalue weighted by Gasteiger charge is -2.35. The van der Waals surface area contributed by atoms with Crippen molar-refractivity contribution in [3.05, 3.63) is 29.6 Å². The molecule has 1 saturated heterocycles. The van der Waals surface area contributed by atoms with Gasteiger partial charge in [0.15, 0.2) is 0 Å². The molecular formula is C12H17F3N4. The van der Waals surface area contributed by atoms with Gasteiger partial charge in [0.25, 0.3) is 0 Å². The number of alkyl halides is 3. The molecule has 1 aliphatic rings. The fourth-order valence-electron chi connectivity index (χ4n) is 2.28. The first-order valence-corrected chi connectivity index (χ1v) is 6.20. The standard InChI is InChI=1S/C12H17F3N4/c13-12(14,15)9-1-3-18-10(7-9)11-8-17-4-6-19(11)5-2-16/h1,3,7,11,17H,2,4-6,8,16H2. The Morgan fingerprint density at radius 3 is 2.95 bits per heavy atom. The van der Waals surface area contributed by atoms with E-state index in [1.807, 2.05) is 0 Å². The number of piperazine rings is 1. The van der Waals surface area contributed by atoms with Crippen LogP contribution in [0.25, 0.3) is 0 Å². The van der Waals surface area contributed by atoms with Crippen LogP contribution < -0.4 is 11.1 Å². The van der Waals surface area contributed by atoms with E-state index in [0.717, 1.165) is 25.2 Å². The number of nitrogens with zero attached hydrogens (tertiary/aromatic N) is 2. The predicted octanol–water partition coefficient (Wildman–Crippen LogP) is 1.01. The molecule has 3 N–H and O–H groups in total. The Labute approximate surface area is 109 Å². The van der Waals surface area contributed by atoms with Gasteiger partial charge in [-0.2, -0.15) is 13.2 Å². The van der Waals surface area contributed by atoms with Crippen molar-refractivity contribution in [3.8, 4) is 0 Å². The molecular weight excluding hydrogens is 257 g/mol. The molecule has 1 unspecified atom stereocenters. The van der Waals surface area contributed by atoms with Crippen LogP contribution in [0.15, 0.2) is 18.3 Å². The summed E-state index contributed by atoms with van der Waals surface area (Å²) in [5, 5.41) is 3.18. The Kier molecular flexibility index (Phi) is 4.38. The highest BCUT2D eigenvalue weighted by Gasteiger charge is 2.32. The SMILES string of the molecule is NCCN1CCNCC1c1cc(C(F)(F)F)ccn1. The molecule has 1 aromatic heterocycles. The van der Waals surface area contributed by atoms with Gasteiger partial charge in [0.1, 0.15) is 0 Å². The van der Waals surface area contributed by atoms with Gasteiger partial charge in [-0.25, -0.2) is 0 Å². The van der Waals surface area contributed by atoms with Gasteiger partial charge in [-0.1, -0.05) is 0 Å². The molecule has 19 heavy (non-hydrogen) atoms. The maximum absolute atomic E-state index is 12.7. The quantitative estimate of drug-likeness (QED) is 0.863. The number of hydrogen-bond acceptors (Lipinski definition) is 4. The minimum atomic E-state index is -4.33. The van der Waals surface area contributed by atoms with Crippen LogP contribution in [0.3, 0.4) is 0 Å². The third kappa shape index (κ3) is 3.43. The van der Waals surface area contributed by atoms with E-state index in [9.17, 15) is 13.2 Å². The second-order valence-electron chi connectivity index (χ2n) is 4.51. The zero-order valence-corrected chi connectivity index (χ0v) is 10.5. The van der Waals surface area contributed by atoms with Crippen LogP contribution >= 0.6 is 0 Å². The molecule has 0 aromatic carbocycles. The van der Waals surface area contributed by atoms with Gasteiger partial charge >= 0.3 is 6.18 Å². The molecule has 0 saturated carbocycles. The number of nitrogens with two attached hydrogens (primary N) is 1. The Bertz CT molecular complexity index is 420. The summed E-state index contributed by atoms with van der Waals surface area (Å²) in [6.45, 7) is 3.31. The number of rotatable bonds is 3. The van der Waals surface area contributed by atoms with E-state index >= 15 is 0 Å². The van der Waals surface area contributed by atoms with Gasteiger partial charge in [0.05, 0.1) is 17.3 Å². The maximum Gasteiger partial charge on any atom is 0.416 e. The molecule has 0 radical (unpaired) electrons. The van der Waals surface area contributed by atoms with E-state index in [1.165, 1.54) is 6.20 Å². The van der Waals surface area contributed by atoms with Crippen molar-refractivity contribution >= 4 is 0 Å². The van der Waals surface area contributed by atoms with E-state index in [1.54, 1.807) is 0 Å². The topological polar surface area (TPSA) is 54.2 Å². The van der Waals surface area contributed by atoms with E-state index in [0.29, 0.717) is 25.3 Å². The smallest absolute Gasteiger partial charge is 0.329 e. The summed E-state index contributed by atoms with van der Waals surface area (Å²) < 4.78 is 38.1. The number of hydrogen-bond donors (Lipinski definition) is 2. The fraction of sp³-hybridized carbons (Fsp3) is 0.583. The van der Waals surface area contributed by atoms with Gasteiger partial charge in [-0.05, 0) is 12.1 Å². The summed E-state index contributed by atoms with van der Waals surface area (Å²) >= 11 is 0. The molecule has 0 spiro atoms. The van der Waals surface area contributed by atoms with Crippen LogP contribution in [-0.4, -0.2) is 42.6 Å². The predicted molar refractivity (Wildman–Crippen MR) is 65.5 cm³/mol. The first-order chi connectivity index (χ1) is 9.02. The van der Waals surface area contributed by atoms with Gasteiger partial charge in [-0.3, -0.25) is 9.88 Å². The molecule has 4 nitrogen and oxygen atoms in total. The van der Waals surface area contributed by atoms with Crippen molar-refractivity contribution in [3.63, 3.8) is 0 Å². The van der Waals surface area contributed by atoms with Gasteiger partial charge in [0.2, 0.25) is 0 Å². The summed E-state index contributed by atoms with van der Waals surface area (Å²) in [5.74, 6) is 0. The van der Waals surface area contributed by atoms with Gasteiger partial charge < -0.3 is 11.1 Å². The molecule has 0 amide bonds. The lowest BCUT2D eigenvalue weighted by Crippen LogP contribution is -2.47. The monoisotopic (exact) mass is 274 g/mol. The largest absolute Gasteiger partial charge is 0.416 e. The van der Waals surface area contributed by atoms with Crippen LogP contribution in [0.2, 0.25) is 0 Å². The lowest BCUT2D eigenvalue weighted by atomic mass is 10.1. The van der Waals surface area contributed by atoms with E-state index in [-0.39, 0.29) is 6.04 Å². The Morgan fingerprint density at radius 2 is 2.26 bits per heavy atom. The average molecular weight is 274 g/mol. The van der Waals surface area contributed by atoms with Gasteiger partial charge in [0, 0.05) is 38.9 Å². The summed E-state index contributed by atoms with van der Waals surface area (Å²) in [4.78, 5) is 6.16. The highest BCUT2D eigenvalue weighted by molar-refractivity contribution is 5.22. The number of aromatic nitrogens is 1. The highest BCUT2D eigenvalue weighted by Crippen LogP contribution is 2.31. The van der Waals surface area contributed by atoms with Crippen molar-refractivity contribution in [1.82, 2.24) is 15.2 Å². The highest BCUT2D eigenvalue weighted by atomic mass is 19.4. The summed E-state index contributed by atoms with van der Waals surface area (Å²) in [5.41, 5.74) is 5.32. The van der Waals surface area contributed by atoms with E-state index < -0.39 is 11.7 Å². The van der Waals surface area contributed by atoms with Crippen LogP contribution in [0, 0.1) is 0 Å². The Balaban J connectivity index is 2.24. The molecule has 1 aromatic rings. The van der Waals surface area contributed by atoms with Crippen LogP contribution in [-0.2, 0) is 6.18 Å². The average Bonchev–Trinajstić information content (AvgIpc) is 2.39. The van der Waals surface area contributed by atoms with Crippen molar-refractivity contribution in [2.75, 3.05) is 32.7 Å². The van der Waals surface area contributed by atoms with Crippen molar-refractivity contribution in [1.29, 1.82) is 0 Å². The summed E-state index contributed by atoms with van der Waals surface area (Å²) in [7, 11) is 0. The van der Waals surface area contributed by atoms with Crippen molar-refractivity contribution < 1.29 is 13.2 Å². The van der Waals surface area contributed by atoms with Gasteiger partial charge in [-0.15, -0.1) is 0 Å². The third-order valence-corrected chi connectivity index (χ3v) is 3.22. The summed E-state index contributed by atoms with van der Waals surface area (Å²) in [6.07, 6.45) is -3.12. The minimum Gasteiger partial charge on any atom is -0.329 e. The second-order valence-corrected chi connectivity index (χ2v) is 4.51. The lowest BCUT2D eigenvalue weighted by molar-refractivity contribution is -0.137. The molecule has 1 atom stereocenters. The summed E-state index contributed by atoms with van der Waals surface area (Å²) in [6, 6.07) is 1.97. The van der Waals surface area contributed by atoms with Crippen molar-refractivity contribution in [2.24, 2.45) is 5.73 Å². The maximum atomic E-state index is 12.7. The number of halogens is 3. The van der Waals surface area contributed by atoms with Crippen LogP contribution in [0.5, 0.6) is 0 Å². The van der Waals surface area contributed by atoms with Crippen LogP contribution in [0.1, 0.15) is 17.3 Å². The molecule has 2 rings (SSSR count). The first-order valence-electron chi connectivity index (χ1n) is 6.20. The molecule has 1 fully saturated rings. The Hall–Kier alpha value is -1.18. The third-order valence-electron chi connectivity index (χ3n) is 3.22. The normalized spacial score (nSPS) is 21.6. The number of nitrogens with one attached hydrogen (secondary N) is 1. The fourth-order valence-corrected chi connectivity index (χ4v) is 2.28. The molecule has 1 aliphatic heterocycles. The molecule has 7 heteroatoms. The van der Waals surface area contributed by atoms with Crippen LogP contribution in [0.4, 0.5) is 13.2 Å². The number of pyridine rings is 1. The second kappa shape index (κ2) is 5.85. The van der Waals surface area contributed by atoms with E-state index in [4.69, 9.17) is 5.73 Å². The zero-order chi connectivity index (χ0) is 13.9. The molecule has 2 heterocycles.